The molecule has 2 saturated heterocycles. The molecule has 0 aromatic heterocycles. The van der Waals surface area contributed by atoms with E-state index in [4.69, 9.17) is 5.26 Å². The number of amides is 2. The second-order valence-electron chi connectivity index (χ2n) is 8.19. The standard InChI is InChI=1S/C23H30N6O2/c1-17-8-9-18(2)20(13-17)27-23(26-16-24)25-14-19-7-3-4-12-29(22(19)31)15-21(30)28-10-5-6-11-28/h8-9,13-14,19H,3-7,10-12,15H2,1-2H3,(H,26,27)/b25-14-. The number of aryl methyl sites for hydroxylation is 2. The molecular formula is C23H30N6O2. The molecule has 1 atom stereocenters. The van der Waals surface area contributed by atoms with Crippen LogP contribution in [0.15, 0.2) is 28.2 Å². The maximum absolute atomic E-state index is 13.1. The molecule has 0 spiro atoms. The molecule has 0 saturated carbocycles. The Balaban J connectivity index is 1.73. The fraction of sp³-hybridized carbons (Fsp3) is 0.522. The lowest BCUT2D eigenvalue weighted by molar-refractivity contribution is -0.140. The van der Waals surface area contributed by atoms with E-state index in [0.717, 1.165) is 55.6 Å². The van der Waals surface area contributed by atoms with Gasteiger partial charge in [0.25, 0.3) is 0 Å². The molecule has 2 heterocycles. The van der Waals surface area contributed by atoms with Crippen LogP contribution in [0.3, 0.4) is 0 Å². The summed E-state index contributed by atoms with van der Waals surface area (Å²) >= 11 is 0. The normalized spacial score (nSPS) is 20.1. The SMILES string of the molecule is Cc1ccc(C)c(N=C(/N=C\C2CCCCN(CC(=O)N3CCCC3)C2=O)NC#N)c1. The van der Waals surface area contributed by atoms with Gasteiger partial charge >= 0.3 is 0 Å². The first-order valence-electron chi connectivity index (χ1n) is 10.9. The van der Waals surface area contributed by atoms with Gasteiger partial charge in [-0.25, -0.2) is 9.98 Å². The van der Waals surface area contributed by atoms with Crippen molar-refractivity contribution in [2.24, 2.45) is 15.9 Å². The number of guanidine groups is 1. The van der Waals surface area contributed by atoms with Gasteiger partial charge < -0.3 is 9.80 Å². The lowest BCUT2D eigenvalue weighted by atomic mass is 10.0. The largest absolute Gasteiger partial charge is 0.341 e. The van der Waals surface area contributed by atoms with Gasteiger partial charge in [-0.15, -0.1) is 0 Å². The lowest BCUT2D eigenvalue weighted by Gasteiger charge is -2.25. The van der Waals surface area contributed by atoms with Gasteiger partial charge in [0, 0.05) is 25.8 Å². The van der Waals surface area contributed by atoms with Crippen LogP contribution < -0.4 is 5.32 Å². The van der Waals surface area contributed by atoms with Crippen LogP contribution in [0.2, 0.25) is 0 Å². The Kier molecular flexibility index (Phi) is 7.76. The first kappa shape index (κ1) is 22.5. The Bertz CT molecular complexity index is 911. The Hall–Kier alpha value is -3.21. The number of nitrogens with one attached hydrogen (secondary N) is 1. The first-order chi connectivity index (χ1) is 15.0. The summed E-state index contributed by atoms with van der Waals surface area (Å²) in [6.07, 6.45) is 7.90. The zero-order valence-electron chi connectivity index (χ0n) is 18.3. The molecule has 3 rings (SSSR count). The van der Waals surface area contributed by atoms with Crippen molar-refractivity contribution < 1.29 is 9.59 Å². The molecule has 2 aliphatic rings. The highest BCUT2D eigenvalue weighted by Crippen LogP contribution is 2.21. The van der Waals surface area contributed by atoms with Gasteiger partial charge in [0.2, 0.25) is 17.8 Å². The van der Waals surface area contributed by atoms with Crippen LogP contribution in [0.5, 0.6) is 0 Å². The van der Waals surface area contributed by atoms with Gasteiger partial charge in [0.15, 0.2) is 6.19 Å². The van der Waals surface area contributed by atoms with Gasteiger partial charge in [-0.2, -0.15) is 5.26 Å². The van der Waals surface area contributed by atoms with E-state index in [0.29, 0.717) is 13.0 Å². The highest BCUT2D eigenvalue weighted by Gasteiger charge is 2.29. The smallest absolute Gasteiger partial charge is 0.242 e. The maximum Gasteiger partial charge on any atom is 0.242 e. The Morgan fingerprint density at radius 1 is 1.23 bits per heavy atom. The average molecular weight is 423 g/mol. The second-order valence-corrected chi connectivity index (χ2v) is 8.19. The molecule has 8 heteroatoms. The molecule has 0 aliphatic carbocycles. The van der Waals surface area contributed by atoms with E-state index in [-0.39, 0.29) is 24.3 Å². The van der Waals surface area contributed by atoms with E-state index in [2.05, 4.69) is 15.3 Å². The van der Waals surface area contributed by atoms with Crippen LogP contribution in [-0.2, 0) is 9.59 Å². The molecule has 0 radical (unpaired) electrons. The van der Waals surface area contributed by atoms with E-state index in [9.17, 15) is 9.59 Å². The molecule has 1 aromatic rings. The molecule has 2 aliphatic heterocycles. The Morgan fingerprint density at radius 2 is 1.97 bits per heavy atom. The fourth-order valence-electron chi connectivity index (χ4n) is 3.91. The Morgan fingerprint density at radius 3 is 2.71 bits per heavy atom. The van der Waals surface area contributed by atoms with Crippen LogP contribution >= 0.6 is 0 Å². The van der Waals surface area contributed by atoms with Gasteiger partial charge in [-0.05, 0) is 56.7 Å². The van der Waals surface area contributed by atoms with Crippen LogP contribution in [0.1, 0.15) is 43.2 Å². The first-order valence-corrected chi connectivity index (χ1v) is 10.9. The number of rotatable bonds is 4. The number of hydrogen-bond acceptors (Lipinski definition) is 4. The summed E-state index contributed by atoms with van der Waals surface area (Å²) in [5, 5.41) is 11.6. The van der Waals surface area contributed by atoms with E-state index in [1.807, 2.05) is 43.1 Å². The van der Waals surface area contributed by atoms with Crippen molar-refractivity contribution >= 4 is 29.7 Å². The number of benzene rings is 1. The summed E-state index contributed by atoms with van der Waals surface area (Å²) in [7, 11) is 0. The number of aliphatic imine (C=N–C) groups is 2. The average Bonchev–Trinajstić information content (AvgIpc) is 3.23. The number of hydrogen-bond donors (Lipinski definition) is 1. The van der Waals surface area contributed by atoms with Crippen molar-refractivity contribution in [2.45, 2.75) is 46.0 Å². The van der Waals surface area contributed by atoms with Gasteiger partial charge in [-0.1, -0.05) is 18.6 Å². The van der Waals surface area contributed by atoms with Crippen LogP contribution in [0.25, 0.3) is 0 Å². The topological polar surface area (TPSA) is 101 Å². The minimum atomic E-state index is -0.432. The zero-order chi connectivity index (χ0) is 22.2. The fourth-order valence-corrected chi connectivity index (χ4v) is 3.91. The molecule has 2 fully saturated rings. The molecule has 1 aromatic carbocycles. The minimum absolute atomic E-state index is 0.0201. The lowest BCUT2D eigenvalue weighted by Crippen LogP contribution is -2.44. The van der Waals surface area contributed by atoms with Crippen LogP contribution in [0, 0.1) is 31.2 Å². The van der Waals surface area contributed by atoms with Crippen molar-refractivity contribution in [3.05, 3.63) is 29.3 Å². The highest BCUT2D eigenvalue weighted by atomic mass is 16.2. The maximum atomic E-state index is 13.1. The zero-order valence-corrected chi connectivity index (χ0v) is 18.3. The summed E-state index contributed by atoms with van der Waals surface area (Å²) in [5.41, 5.74) is 2.75. The Labute approximate surface area is 183 Å². The third kappa shape index (κ3) is 6.14. The minimum Gasteiger partial charge on any atom is -0.341 e. The van der Waals surface area contributed by atoms with Gasteiger partial charge in [0.05, 0.1) is 18.2 Å². The van der Waals surface area contributed by atoms with Gasteiger partial charge in [-0.3, -0.25) is 14.9 Å². The van der Waals surface area contributed by atoms with Crippen LogP contribution in [0.4, 0.5) is 5.69 Å². The number of nitriles is 1. The summed E-state index contributed by atoms with van der Waals surface area (Å²) in [6.45, 7) is 6.19. The van der Waals surface area contributed by atoms with E-state index in [1.165, 1.54) is 0 Å². The number of carbonyl (C=O) groups excluding carboxylic acids is 2. The molecule has 2 amide bonds. The molecular weight excluding hydrogens is 392 g/mol. The van der Waals surface area contributed by atoms with Crippen molar-refractivity contribution in [3.63, 3.8) is 0 Å². The molecule has 164 valence electrons. The molecule has 8 nitrogen and oxygen atoms in total. The van der Waals surface area contributed by atoms with Crippen molar-refractivity contribution in [1.82, 2.24) is 15.1 Å². The predicted molar refractivity (Wildman–Crippen MR) is 120 cm³/mol. The summed E-state index contributed by atoms with van der Waals surface area (Å²) < 4.78 is 0. The summed E-state index contributed by atoms with van der Waals surface area (Å²) in [6, 6.07) is 5.88. The van der Waals surface area contributed by atoms with Crippen LogP contribution in [-0.4, -0.2) is 60.0 Å². The third-order valence-corrected chi connectivity index (χ3v) is 5.74. The van der Waals surface area contributed by atoms with E-state index < -0.39 is 5.92 Å². The molecule has 0 bridgehead atoms. The van der Waals surface area contributed by atoms with Gasteiger partial charge in [0.1, 0.15) is 0 Å². The third-order valence-electron chi connectivity index (χ3n) is 5.74. The highest BCUT2D eigenvalue weighted by molar-refractivity contribution is 6.00. The number of carbonyl (C=O) groups is 2. The summed E-state index contributed by atoms with van der Waals surface area (Å²) in [4.78, 5) is 37.9. The monoisotopic (exact) mass is 422 g/mol. The van der Waals surface area contributed by atoms with E-state index in [1.54, 1.807) is 11.1 Å². The predicted octanol–water partition coefficient (Wildman–Crippen LogP) is 2.68. The van der Waals surface area contributed by atoms with Crippen molar-refractivity contribution in [1.29, 1.82) is 5.26 Å². The molecule has 1 N–H and O–H groups in total. The quantitative estimate of drug-likeness (QED) is 0.349. The summed E-state index contributed by atoms with van der Waals surface area (Å²) in [5.74, 6) is -0.352. The van der Waals surface area contributed by atoms with E-state index >= 15 is 0 Å². The molecule has 31 heavy (non-hydrogen) atoms. The number of nitrogens with zero attached hydrogens (tertiary/aromatic N) is 5. The van der Waals surface area contributed by atoms with Crippen molar-refractivity contribution in [2.75, 3.05) is 26.2 Å². The van der Waals surface area contributed by atoms with Crippen molar-refractivity contribution in [3.8, 4) is 6.19 Å². The molecule has 1 unspecified atom stereocenters. The second kappa shape index (κ2) is 10.7. The number of likely N-dealkylation sites (tertiary alicyclic amines) is 2.